The Kier molecular flexibility index (Phi) is 7.22. The Balaban J connectivity index is 1.74. The molecule has 2 amide bonds. The lowest BCUT2D eigenvalue weighted by Crippen LogP contribution is -2.15. The van der Waals surface area contributed by atoms with Gasteiger partial charge in [0.2, 0.25) is 5.91 Å². The fraction of sp³-hybridized carbons (Fsp3) is 0.167. The van der Waals surface area contributed by atoms with E-state index in [1.807, 2.05) is 6.07 Å². The van der Waals surface area contributed by atoms with E-state index in [0.717, 1.165) is 0 Å². The number of amides is 2. The molecule has 3 aromatic carbocycles. The van der Waals surface area contributed by atoms with Gasteiger partial charge in [-0.15, -0.1) is 0 Å². The number of rotatable bonds is 8. The second-order valence-corrected chi connectivity index (χ2v) is 6.71. The summed E-state index contributed by atoms with van der Waals surface area (Å²) in [4.78, 5) is 24.9. The third kappa shape index (κ3) is 5.60. The summed E-state index contributed by atoms with van der Waals surface area (Å²) in [5, 5.41) is 5.55. The maximum atomic E-state index is 13.8. The minimum atomic E-state index is -0.340. The zero-order valence-electron chi connectivity index (χ0n) is 17.3. The van der Waals surface area contributed by atoms with Crippen LogP contribution in [-0.2, 0) is 11.2 Å². The van der Waals surface area contributed by atoms with Gasteiger partial charge in [-0.1, -0.05) is 36.4 Å². The molecular formula is C24H23FN2O4. The van der Waals surface area contributed by atoms with Gasteiger partial charge in [0, 0.05) is 24.1 Å². The van der Waals surface area contributed by atoms with Crippen LogP contribution < -0.4 is 20.1 Å². The van der Waals surface area contributed by atoms with E-state index < -0.39 is 0 Å². The summed E-state index contributed by atoms with van der Waals surface area (Å²) in [6, 6.07) is 18.3. The Bertz CT molecular complexity index is 1070. The Morgan fingerprint density at radius 2 is 1.42 bits per heavy atom. The number of halogens is 1. The number of methoxy groups -OCH3 is 2. The lowest BCUT2D eigenvalue weighted by Gasteiger charge is -2.16. The molecule has 0 aliphatic carbocycles. The highest BCUT2D eigenvalue weighted by atomic mass is 19.1. The monoisotopic (exact) mass is 422 g/mol. The van der Waals surface area contributed by atoms with Gasteiger partial charge in [-0.05, 0) is 30.2 Å². The normalized spacial score (nSPS) is 10.3. The van der Waals surface area contributed by atoms with Crippen LogP contribution in [0.5, 0.6) is 11.5 Å². The van der Waals surface area contributed by atoms with E-state index >= 15 is 0 Å². The maximum Gasteiger partial charge on any atom is 0.255 e. The fourth-order valence-corrected chi connectivity index (χ4v) is 3.04. The topological polar surface area (TPSA) is 76.7 Å². The molecule has 0 heterocycles. The number of benzene rings is 3. The van der Waals surface area contributed by atoms with Crippen LogP contribution in [0, 0.1) is 5.82 Å². The number of anilines is 2. The molecule has 0 aromatic heterocycles. The van der Waals surface area contributed by atoms with Crippen molar-refractivity contribution in [3.05, 3.63) is 83.7 Å². The van der Waals surface area contributed by atoms with Gasteiger partial charge in [0.25, 0.3) is 5.91 Å². The zero-order valence-corrected chi connectivity index (χ0v) is 17.3. The standard InChI is InChI=1S/C24H23FN2O4/c1-30-21-15-20(27-24(29)17-9-4-3-5-10-17)22(31-2)14-19(21)26-23(28)13-12-16-8-6-7-11-18(16)25/h3-11,14-15H,12-13H2,1-2H3,(H,26,28)(H,27,29). The van der Waals surface area contributed by atoms with Crippen molar-refractivity contribution < 1.29 is 23.5 Å². The average molecular weight is 422 g/mol. The summed E-state index contributed by atoms with van der Waals surface area (Å²) in [5.41, 5.74) is 1.75. The molecule has 6 nitrogen and oxygen atoms in total. The Hall–Kier alpha value is -3.87. The molecule has 0 saturated heterocycles. The van der Waals surface area contributed by atoms with Crippen LogP contribution in [0.2, 0.25) is 0 Å². The van der Waals surface area contributed by atoms with Gasteiger partial charge >= 0.3 is 0 Å². The number of carbonyl (C=O) groups is 2. The van der Waals surface area contributed by atoms with Crippen molar-refractivity contribution in [2.75, 3.05) is 24.9 Å². The smallest absolute Gasteiger partial charge is 0.255 e. The third-order valence-corrected chi connectivity index (χ3v) is 4.66. The molecule has 31 heavy (non-hydrogen) atoms. The second-order valence-electron chi connectivity index (χ2n) is 6.71. The predicted octanol–water partition coefficient (Wildman–Crippen LogP) is 4.67. The molecule has 160 valence electrons. The summed E-state index contributed by atoms with van der Waals surface area (Å²) < 4.78 is 24.5. The highest BCUT2D eigenvalue weighted by molar-refractivity contribution is 6.05. The molecule has 2 N–H and O–H groups in total. The average Bonchev–Trinajstić information content (AvgIpc) is 2.79. The first-order valence-corrected chi connectivity index (χ1v) is 9.67. The van der Waals surface area contributed by atoms with E-state index in [0.29, 0.717) is 34.0 Å². The van der Waals surface area contributed by atoms with Gasteiger partial charge in [-0.25, -0.2) is 4.39 Å². The quantitative estimate of drug-likeness (QED) is 0.553. The largest absolute Gasteiger partial charge is 0.494 e. The number of carbonyl (C=O) groups excluding carboxylic acids is 2. The molecule has 0 aliphatic rings. The Morgan fingerprint density at radius 1 is 0.839 bits per heavy atom. The van der Waals surface area contributed by atoms with Crippen molar-refractivity contribution in [2.45, 2.75) is 12.8 Å². The molecule has 0 unspecified atom stereocenters. The van der Waals surface area contributed by atoms with Gasteiger partial charge in [-0.2, -0.15) is 0 Å². The predicted molar refractivity (Wildman–Crippen MR) is 117 cm³/mol. The van der Waals surface area contributed by atoms with E-state index in [9.17, 15) is 14.0 Å². The van der Waals surface area contributed by atoms with Gasteiger partial charge in [0.05, 0.1) is 25.6 Å². The first-order chi connectivity index (χ1) is 15.0. The van der Waals surface area contributed by atoms with Crippen molar-refractivity contribution in [3.8, 4) is 11.5 Å². The Morgan fingerprint density at radius 3 is 2.03 bits per heavy atom. The lowest BCUT2D eigenvalue weighted by molar-refractivity contribution is -0.116. The van der Waals surface area contributed by atoms with Crippen molar-refractivity contribution in [2.24, 2.45) is 0 Å². The van der Waals surface area contributed by atoms with Gasteiger partial charge in [0.15, 0.2) is 0 Å². The minimum absolute atomic E-state index is 0.0961. The van der Waals surface area contributed by atoms with Crippen LogP contribution >= 0.6 is 0 Å². The number of hydrogen-bond donors (Lipinski definition) is 2. The molecular weight excluding hydrogens is 399 g/mol. The third-order valence-electron chi connectivity index (χ3n) is 4.66. The van der Waals surface area contributed by atoms with Crippen LogP contribution in [-0.4, -0.2) is 26.0 Å². The van der Waals surface area contributed by atoms with Crippen LogP contribution in [0.15, 0.2) is 66.7 Å². The number of ether oxygens (including phenoxy) is 2. The maximum absolute atomic E-state index is 13.8. The number of aryl methyl sites for hydroxylation is 1. The van der Waals surface area contributed by atoms with Crippen molar-refractivity contribution in [3.63, 3.8) is 0 Å². The first-order valence-electron chi connectivity index (χ1n) is 9.67. The number of hydrogen-bond acceptors (Lipinski definition) is 4. The van der Waals surface area contributed by atoms with E-state index in [-0.39, 0.29) is 30.5 Å². The summed E-state index contributed by atoms with van der Waals surface area (Å²) in [6.07, 6.45) is 0.363. The van der Waals surface area contributed by atoms with Crippen molar-refractivity contribution in [1.29, 1.82) is 0 Å². The molecule has 0 bridgehead atoms. The van der Waals surface area contributed by atoms with Crippen LogP contribution in [0.3, 0.4) is 0 Å². The molecule has 0 fully saturated rings. The van der Waals surface area contributed by atoms with Crippen LogP contribution in [0.25, 0.3) is 0 Å². The molecule has 0 atom stereocenters. The first kappa shape index (κ1) is 21.8. The summed E-state index contributed by atoms with van der Waals surface area (Å²) >= 11 is 0. The van der Waals surface area contributed by atoms with E-state index in [2.05, 4.69) is 10.6 Å². The van der Waals surface area contributed by atoms with Gasteiger partial charge < -0.3 is 20.1 Å². The summed E-state index contributed by atoms with van der Waals surface area (Å²) in [7, 11) is 2.92. The minimum Gasteiger partial charge on any atom is -0.494 e. The lowest BCUT2D eigenvalue weighted by atomic mass is 10.1. The highest BCUT2D eigenvalue weighted by Crippen LogP contribution is 2.36. The molecule has 3 aromatic rings. The second kappa shape index (κ2) is 10.2. The van der Waals surface area contributed by atoms with Crippen LogP contribution in [0.4, 0.5) is 15.8 Å². The molecule has 0 spiro atoms. The fourth-order valence-electron chi connectivity index (χ4n) is 3.04. The van der Waals surface area contributed by atoms with Crippen molar-refractivity contribution >= 4 is 23.2 Å². The molecule has 0 radical (unpaired) electrons. The summed E-state index contributed by atoms with van der Waals surface area (Å²) in [6.45, 7) is 0. The zero-order chi connectivity index (χ0) is 22.2. The summed E-state index contributed by atoms with van der Waals surface area (Å²) in [5.74, 6) is -0.238. The Labute approximate surface area is 180 Å². The van der Waals surface area contributed by atoms with E-state index in [1.54, 1.807) is 54.6 Å². The van der Waals surface area contributed by atoms with Crippen LogP contribution in [0.1, 0.15) is 22.3 Å². The van der Waals surface area contributed by atoms with Gasteiger partial charge in [-0.3, -0.25) is 9.59 Å². The van der Waals surface area contributed by atoms with E-state index in [4.69, 9.17) is 9.47 Å². The van der Waals surface area contributed by atoms with E-state index in [1.165, 1.54) is 20.3 Å². The molecule has 0 saturated carbocycles. The highest BCUT2D eigenvalue weighted by Gasteiger charge is 2.16. The van der Waals surface area contributed by atoms with Gasteiger partial charge in [0.1, 0.15) is 17.3 Å². The molecule has 7 heteroatoms. The molecule has 0 aliphatic heterocycles. The number of nitrogens with one attached hydrogen (secondary N) is 2. The molecule has 3 rings (SSSR count). The SMILES string of the molecule is COc1cc(NC(=O)c2ccccc2)c(OC)cc1NC(=O)CCc1ccccc1F. The van der Waals surface area contributed by atoms with Crippen molar-refractivity contribution in [1.82, 2.24) is 0 Å².